The Kier molecular flexibility index (Phi) is 6.35. The summed E-state index contributed by atoms with van der Waals surface area (Å²) >= 11 is 1.33. The monoisotopic (exact) mass is 306 g/mol. The first kappa shape index (κ1) is 16.3. The minimum absolute atomic E-state index is 0.00777. The van der Waals surface area contributed by atoms with Crippen molar-refractivity contribution < 1.29 is 23.1 Å². The molecule has 0 saturated heterocycles. The van der Waals surface area contributed by atoms with Crippen LogP contribution in [0.25, 0.3) is 0 Å². The van der Waals surface area contributed by atoms with Crippen molar-refractivity contribution in [2.75, 3.05) is 13.2 Å². The van der Waals surface area contributed by atoms with E-state index in [0.29, 0.717) is 6.42 Å². The number of alkyl halides is 3. The highest BCUT2D eigenvalue weighted by Crippen LogP contribution is 2.15. The van der Waals surface area contributed by atoms with Crippen LogP contribution < -0.4 is 10.6 Å². The standard InChI is InChI=1S/C12H13F3N2O2S/c13-12(14,15)8-17-11(19)16-7-10-5-4-9(20-10)3-1-2-6-18/h4-5,18H,2,6-8H2,(H2,16,17,19). The highest BCUT2D eigenvalue weighted by atomic mass is 32.1. The van der Waals surface area contributed by atoms with E-state index in [4.69, 9.17) is 5.11 Å². The van der Waals surface area contributed by atoms with Crippen LogP contribution in [0.15, 0.2) is 12.1 Å². The Labute approximate surface area is 118 Å². The Morgan fingerprint density at radius 2 is 2.10 bits per heavy atom. The maximum atomic E-state index is 11.9. The SMILES string of the molecule is O=C(NCc1ccc(C#CCCO)s1)NCC(F)(F)F. The fourth-order valence-electron chi connectivity index (χ4n) is 1.16. The van der Waals surface area contributed by atoms with Crippen molar-refractivity contribution in [1.82, 2.24) is 10.6 Å². The van der Waals surface area contributed by atoms with Gasteiger partial charge < -0.3 is 15.7 Å². The van der Waals surface area contributed by atoms with Crippen molar-refractivity contribution in [1.29, 1.82) is 0 Å². The van der Waals surface area contributed by atoms with Crippen molar-refractivity contribution in [3.05, 3.63) is 21.9 Å². The highest BCUT2D eigenvalue weighted by molar-refractivity contribution is 7.12. The van der Waals surface area contributed by atoms with E-state index in [2.05, 4.69) is 17.2 Å². The summed E-state index contributed by atoms with van der Waals surface area (Å²) in [5, 5.41) is 12.6. The van der Waals surface area contributed by atoms with Crippen LogP contribution in [-0.2, 0) is 6.54 Å². The largest absolute Gasteiger partial charge is 0.405 e. The maximum absolute atomic E-state index is 11.9. The number of carbonyl (C=O) groups is 1. The van der Waals surface area contributed by atoms with E-state index in [0.717, 1.165) is 9.75 Å². The number of nitrogens with one attached hydrogen (secondary N) is 2. The molecule has 1 heterocycles. The Balaban J connectivity index is 2.35. The molecule has 20 heavy (non-hydrogen) atoms. The molecule has 1 aromatic rings. The molecule has 0 spiro atoms. The molecule has 0 aliphatic heterocycles. The summed E-state index contributed by atoms with van der Waals surface area (Å²) in [4.78, 5) is 12.7. The van der Waals surface area contributed by atoms with Gasteiger partial charge in [0.15, 0.2) is 0 Å². The average Bonchev–Trinajstić information content (AvgIpc) is 2.81. The van der Waals surface area contributed by atoms with E-state index >= 15 is 0 Å². The fourth-order valence-corrected chi connectivity index (χ4v) is 1.98. The van der Waals surface area contributed by atoms with Gasteiger partial charge in [0.25, 0.3) is 0 Å². The molecule has 0 unspecified atom stereocenters. The van der Waals surface area contributed by atoms with Crippen molar-refractivity contribution in [3.8, 4) is 11.8 Å². The lowest BCUT2D eigenvalue weighted by Crippen LogP contribution is -2.40. The number of halogens is 3. The molecule has 0 saturated carbocycles. The van der Waals surface area contributed by atoms with Crippen LogP contribution in [0.4, 0.5) is 18.0 Å². The summed E-state index contributed by atoms with van der Waals surface area (Å²) in [6.45, 7) is -1.23. The maximum Gasteiger partial charge on any atom is 0.405 e. The van der Waals surface area contributed by atoms with Gasteiger partial charge in [-0.05, 0) is 12.1 Å². The molecule has 110 valence electrons. The van der Waals surface area contributed by atoms with Gasteiger partial charge in [-0.3, -0.25) is 0 Å². The van der Waals surface area contributed by atoms with Crippen LogP contribution in [0.2, 0.25) is 0 Å². The first-order chi connectivity index (χ1) is 9.40. The molecule has 0 aliphatic carbocycles. The van der Waals surface area contributed by atoms with Crippen molar-refractivity contribution in [2.45, 2.75) is 19.1 Å². The lowest BCUT2D eigenvalue weighted by Gasteiger charge is -2.08. The highest BCUT2D eigenvalue weighted by Gasteiger charge is 2.27. The van der Waals surface area contributed by atoms with Gasteiger partial charge >= 0.3 is 12.2 Å². The number of urea groups is 1. The number of amides is 2. The van der Waals surface area contributed by atoms with Crippen LogP contribution in [-0.4, -0.2) is 30.5 Å². The molecule has 0 bridgehead atoms. The predicted molar refractivity (Wildman–Crippen MR) is 69.2 cm³/mol. The van der Waals surface area contributed by atoms with Crippen molar-refractivity contribution in [2.24, 2.45) is 0 Å². The molecule has 0 atom stereocenters. The number of hydrogen-bond acceptors (Lipinski definition) is 3. The second kappa shape index (κ2) is 7.77. The first-order valence-electron chi connectivity index (χ1n) is 5.67. The van der Waals surface area contributed by atoms with E-state index in [9.17, 15) is 18.0 Å². The van der Waals surface area contributed by atoms with Gasteiger partial charge in [-0.1, -0.05) is 11.8 Å². The van der Waals surface area contributed by atoms with Crippen molar-refractivity contribution >= 4 is 17.4 Å². The van der Waals surface area contributed by atoms with Crippen molar-refractivity contribution in [3.63, 3.8) is 0 Å². The van der Waals surface area contributed by atoms with E-state index in [-0.39, 0.29) is 13.2 Å². The van der Waals surface area contributed by atoms with Crippen LogP contribution >= 0.6 is 11.3 Å². The van der Waals surface area contributed by atoms with Gasteiger partial charge in [0.1, 0.15) is 6.54 Å². The second-order valence-corrected chi connectivity index (χ2v) is 4.86. The van der Waals surface area contributed by atoms with Crippen LogP contribution in [0.5, 0.6) is 0 Å². The Morgan fingerprint density at radius 1 is 1.35 bits per heavy atom. The number of aliphatic hydroxyl groups excluding tert-OH is 1. The molecular weight excluding hydrogens is 293 g/mol. The summed E-state index contributed by atoms with van der Waals surface area (Å²) in [5.74, 6) is 5.58. The molecule has 0 fully saturated rings. The van der Waals surface area contributed by atoms with Crippen LogP contribution in [0.3, 0.4) is 0 Å². The third-order valence-electron chi connectivity index (χ3n) is 1.98. The quantitative estimate of drug-likeness (QED) is 0.743. The molecule has 0 radical (unpaired) electrons. The van der Waals surface area contributed by atoms with Gasteiger partial charge in [-0.25, -0.2) is 4.79 Å². The molecular formula is C12H13F3N2O2S. The first-order valence-corrected chi connectivity index (χ1v) is 6.49. The number of hydrogen-bond donors (Lipinski definition) is 3. The van der Waals surface area contributed by atoms with E-state index in [1.54, 1.807) is 17.4 Å². The Morgan fingerprint density at radius 3 is 2.75 bits per heavy atom. The zero-order valence-corrected chi connectivity index (χ0v) is 11.2. The van der Waals surface area contributed by atoms with Crippen LogP contribution in [0.1, 0.15) is 16.2 Å². The lowest BCUT2D eigenvalue weighted by atomic mass is 10.4. The topological polar surface area (TPSA) is 61.4 Å². The second-order valence-electron chi connectivity index (χ2n) is 3.69. The molecule has 1 rings (SSSR count). The Hall–Kier alpha value is -1.72. The smallest absolute Gasteiger partial charge is 0.395 e. The summed E-state index contributed by atoms with van der Waals surface area (Å²) in [5.41, 5.74) is 0. The van der Waals surface area contributed by atoms with E-state index < -0.39 is 18.8 Å². The van der Waals surface area contributed by atoms with Crippen LogP contribution in [0, 0.1) is 11.8 Å². The molecule has 3 N–H and O–H groups in total. The van der Waals surface area contributed by atoms with Gasteiger partial charge in [-0.15, -0.1) is 11.3 Å². The number of thiophene rings is 1. The number of carbonyl (C=O) groups excluding carboxylic acids is 1. The van der Waals surface area contributed by atoms with Gasteiger partial charge in [0, 0.05) is 11.3 Å². The Bertz CT molecular complexity index is 503. The van der Waals surface area contributed by atoms with Gasteiger partial charge in [0.05, 0.1) is 18.0 Å². The zero-order chi connectivity index (χ0) is 15.0. The summed E-state index contributed by atoms with van der Waals surface area (Å²) in [6.07, 6.45) is -4.04. The average molecular weight is 306 g/mol. The molecule has 2 amide bonds. The van der Waals surface area contributed by atoms with Gasteiger partial charge in [0.2, 0.25) is 0 Å². The zero-order valence-electron chi connectivity index (χ0n) is 10.4. The third kappa shape index (κ3) is 7.01. The molecule has 4 nitrogen and oxygen atoms in total. The van der Waals surface area contributed by atoms with E-state index in [1.165, 1.54) is 11.3 Å². The fraction of sp³-hybridized carbons (Fsp3) is 0.417. The molecule has 0 aromatic carbocycles. The minimum Gasteiger partial charge on any atom is -0.395 e. The minimum atomic E-state index is -4.42. The number of rotatable bonds is 4. The molecule has 0 aliphatic rings. The third-order valence-corrected chi connectivity index (χ3v) is 2.98. The van der Waals surface area contributed by atoms with E-state index in [1.807, 2.05) is 0 Å². The number of aliphatic hydroxyl groups is 1. The lowest BCUT2D eigenvalue weighted by molar-refractivity contribution is -0.122. The van der Waals surface area contributed by atoms with Gasteiger partial charge in [-0.2, -0.15) is 13.2 Å². The summed E-state index contributed by atoms with van der Waals surface area (Å²) in [6, 6.07) is 2.61. The summed E-state index contributed by atoms with van der Waals surface area (Å²) in [7, 11) is 0. The molecule has 1 aromatic heterocycles. The molecule has 8 heteroatoms. The predicted octanol–water partition coefficient (Wildman–Crippen LogP) is 1.84. The normalized spacial score (nSPS) is 10.6. The summed E-state index contributed by atoms with van der Waals surface area (Å²) < 4.78 is 35.6.